The van der Waals surface area contributed by atoms with Crippen LogP contribution in [0.3, 0.4) is 0 Å². The van der Waals surface area contributed by atoms with Crippen LogP contribution in [0.2, 0.25) is 0 Å². The summed E-state index contributed by atoms with van der Waals surface area (Å²) in [5.74, 6) is 0. The number of aromatic amines is 1. The lowest BCUT2D eigenvalue weighted by atomic mass is 10.2. The van der Waals surface area contributed by atoms with Gasteiger partial charge in [-0.2, -0.15) is 8.42 Å². The quantitative estimate of drug-likeness (QED) is 0.765. The standard InChI is InChI=1S/C10H8N2O4S/c13-9-5-1-3-7(11-9)8-4-2-6-10(12-8)17(14,15)16/h1-6H,(H,11,13)(H,14,15,16). The zero-order valence-corrected chi connectivity index (χ0v) is 9.31. The monoisotopic (exact) mass is 252 g/mol. The largest absolute Gasteiger partial charge is 0.321 e. The molecule has 0 radical (unpaired) electrons. The molecular formula is C10H8N2O4S. The van der Waals surface area contributed by atoms with Gasteiger partial charge in [-0.25, -0.2) is 4.98 Å². The number of pyridine rings is 2. The summed E-state index contributed by atoms with van der Waals surface area (Å²) in [6, 6.07) is 8.56. The molecule has 17 heavy (non-hydrogen) atoms. The van der Waals surface area contributed by atoms with Gasteiger partial charge in [-0.1, -0.05) is 12.1 Å². The van der Waals surface area contributed by atoms with E-state index >= 15 is 0 Å². The third kappa shape index (κ3) is 2.58. The van der Waals surface area contributed by atoms with Crippen LogP contribution in [-0.2, 0) is 10.1 Å². The van der Waals surface area contributed by atoms with Crippen LogP contribution in [0.5, 0.6) is 0 Å². The Morgan fingerprint density at radius 1 is 1.12 bits per heavy atom. The fourth-order valence-corrected chi connectivity index (χ4v) is 1.77. The highest BCUT2D eigenvalue weighted by molar-refractivity contribution is 7.85. The lowest BCUT2D eigenvalue weighted by molar-refractivity contribution is 0.479. The average molecular weight is 252 g/mol. The van der Waals surface area contributed by atoms with Crippen LogP contribution in [0, 0.1) is 0 Å². The van der Waals surface area contributed by atoms with Crippen molar-refractivity contribution in [1.82, 2.24) is 9.97 Å². The van der Waals surface area contributed by atoms with Gasteiger partial charge in [-0.05, 0) is 18.2 Å². The SMILES string of the molecule is O=c1cccc(-c2cccc(S(=O)(=O)O)n2)[nH]1. The molecular weight excluding hydrogens is 244 g/mol. The molecule has 7 heteroatoms. The van der Waals surface area contributed by atoms with Crippen molar-refractivity contribution in [2.75, 3.05) is 0 Å². The summed E-state index contributed by atoms with van der Waals surface area (Å²) in [5.41, 5.74) is 0.322. The van der Waals surface area contributed by atoms with Crippen LogP contribution in [0.4, 0.5) is 0 Å². The molecule has 0 bridgehead atoms. The van der Waals surface area contributed by atoms with E-state index in [2.05, 4.69) is 9.97 Å². The zero-order chi connectivity index (χ0) is 12.5. The highest BCUT2D eigenvalue weighted by Crippen LogP contribution is 2.14. The fourth-order valence-electron chi connectivity index (χ4n) is 1.31. The van der Waals surface area contributed by atoms with Gasteiger partial charge >= 0.3 is 10.1 Å². The first kappa shape index (κ1) is 11.5. The van der Waals surface area contributed by atoms with Crippen LogP contribution < -0.4 is 5.56 Å². The predicted octanol–water partition coefficient (Wildman–Crippen LogP) is 0.684. The highest BCUT2D eigenvalue weighted by Gasteiger charge is 2.12. The van der Waals surface area contributed by atoms with Crippen molar-refractivity contribution in [1.29, 1.82) is 0 Å². The van der Waals surface area contributed by atoms with Crippen LogP contribution in [0.25, 0.3) is 11.4 Å². The number of H-pyrrole nitrogens is 1. The maximum Gasteiger partial charge on any atom is 0.312 e. The second-order valence-electron chi connectivity index (χ2n) is 3.26. The normalized spacial score (nSPS) is 11.4. The van der Waals surface area contributed by atoms with Gasteiger partial charge in [0.05, 0.1) is 11.4 Å². The van der Waals surface area contributed by atoms with Crippen LogP contribution in [0.1, 0.15) is 0 Å². The van der Waals surface area contributed by atoms with Gasteiger partial charge in [-0.3, -0.25) is 9.35 Å². The lowest BCUT2D eigenvalue weighted by Gasteiger charge is -2.01. The summed E-state index contributed by atoms with van der Waals surface area (Å²) in [4.78, 5) is 17.3. The van der Waals surface area contributed by atoms with Crippen LogP contribution in [-0.4, -0.2) is 22.9 Å². The van der Waals surface area contributed by atoms with E-state index in [4.69, 9.17) is 4.55 Å². The molecule has 0 aliphatic heterocycles. The van der Waals surface area contributed by atoms with E-state index in [0.717, 1.165) is 0 Å². The Bertz CT molecular complexity index is 706. The molecule has 2 N–H and O–H groups in total. The molecule has 2 aromatic rings. The van der Waals surface area contributed by atoms with E-state index in [0.29, 0.717) is 5.69 Å². The number of nitrogens with one attached hydrogen (secondary N) is 1. The summed E-state index contributed by atoms with van der Waals surface area (Å²) < 4.78 is 30.7. The summed E-state index contributed by atoms with van der Waals surface area (Å²) in [6.45, 7) is 0. The number of hydrogen-bond donors (Lipinski definition) is 2. The molecule has 2 aromatic heterocycles. The summed E-state index contributed by atoms with van der Waals surface area (Å²) in [7, 11) is -4.35. The van der Waals surface area contributed by atoms with Crippen molar-refractivity contribution in [2.24, 2.45) is 0 Å². The molecule has 0 aromatic carbocycles. The Balaban J connectivity index is 2.58. The molecule has 0 aliphatic carbocycles. The van der Waals surface area contributed by atoms with Crippen molar-refractivity contribution in [3.63, 3.8) is 0 Å². The van der Waals surface area contributed by atoms with Gasteiger partial charge in [0.1, 0.15) is 0 Å². The molecule has 0 fully saturated rings. The minimum atomic E-state index is -4.35. The van der Waals surface area contributed by atoms with Gasteiger partial charge in [0, 0.05) is 6.07 Å². The van der Waals surface area contributed by atoms with Crippen molar-refractivity contribution < 1.29 is 13.0 Å². The van der Waals surface area contributed by atoms with E-state index in [1.54, 1.807) is 6.07 Å². The minimum Gasteiger partial charge on any atom is -0.321 e. The molecule has 2 heterocycles. The smallest absolute Gasteiger partial charge is 0.312 e. The molecule has 0 atom stereocenters. The first-order chi connectivity index (χ1) is 7.97. The molecule has 2 rings (SSSR count). The zero-order valence-electron chi connectivity index (χ0n) is 8.49. The van der Waals surface area contributed by atoms with Crippen LogP contribution >= 0.6 is 0 Å². The number of nitrogens with zero attached hydrogens (tertiary/aromatic N) is 1. The predicted molar refractivity (Wildman–Crippen MR) is 60.1 cm³/mol. The summed E-state index contributed by atoms with van der Waals surface area (Å²) in [6.07, 6.45) is 0. The topological polar surface area (TPSA) is 100 Å². The summed E-state index contributed by atoms with van der Waals surface area (Å²) in [5, 5.41) is -0.459. The summed E-state index contributed by atoms with van der Waals surface area (Å²) >= 11 is 0. The third-order valence-electron chi connectivity index (χ3n) is 2.03. The molecule has 0 amide bonds. The Labute approximate surface area is 96.7 Å². The molecule has 0 saturated carbocycles. The van der Waals surface area contributed by atoms with Gasteiger partial charge in [0.15, 0.2) is 5.03 Å². The van der Waals surface area contributed by atoms with E-state index < -0.39 is 15.1 Å². The second-order valence-corrected chi connectivity index (χ2v) is 4.63. The maximum absolute atomic E-state index is 11.1. The molecule has 6 nitrogen and oxygen atoms in total. The fraction of sp³-hybridized carbons (Fsp3) is 0. The van der Waals surface area contributed by atoms with E-state index in [1.165, 1.54) is 30.3 Å². The minimum absolute atomic E-state index is 0.262. The Morgan fingerprint density at radius 3 is 2.47 bits per heavy atom. The molecule has 0 aliphatic rings. The Hall–Kier alpha value is -1.99. The average Bonchev–Trinajstić information content (AvgIpc) is 2.28. The number of rotatable bonds is 2. The second kappa shape index (κ2) is 4.11. The van der Waals surface area contributed by atoms with Crippen LogP contribution in [0.15, 0.2) is 46.2 Å². The van der Waals surface area contributed by atoms with Gasteiger partial charge in [0.25, 0.3) is 0 Å². The molecule has 0 saturated heterocycles. The van der Waals surface area contributed by atoms with Crippen molar-refractivity contribution in [3.05, 3.63) is 46.8 Å². The van der Waals surface area contributed by atoms with Crippen molar-refractivity contribution >= 4 is 10.1 Å². The van der Waals surface area contributed by atoms with Gasteiger partial charge < -0.3 is 4.98 Å². The highest BCUT2D eigenvalue weighted by atomic mass is 32.2. The molecule has 0 spiro atoms. The van der Waals surface area contributed by atoms with Crippen molar-refractivity contribution in [2.45, 2.75) is 5.03 Å². The van der Waals surface area contributed by atoms with E-state index in [-0.39, 0.29) is 11.3 Å². The third-order valence-corrected chi connectivity index (χ3v) is 2.79. The molecule has 0 unspecified atom stereocenters. The first-order valence-electron chi connectivity index (χ1n) is 4.61. The van der Waals surface area contributed by atoms with E-state index in [9.17, 15) is 13.2 Å². The number of aromatic nitrogens is 2. The lowest BCUT2D eigenvalue weighted by Crippen LogP contribution is -2.06. The van der Waals surface area contributed by atoms with Gasteiger partial charge in [-0.15, -0.1) is 0 Å². The number of hydrogen-bond acceptors (Lipinski definition) is 4. The molecule has 88 valence electrons. The first-order valence-corrected chi connectivity index (χ1v) is 6.05. The maximum atomic E-state index is 11.1. The Kier molecular flexibility index (Phi) is 2.78. The van der Waals surface area contributed by atoms with E-state index in [1.807, 2.05) is 0 Å². The van der Waals surface area contributed by atoms with Gasteiger partial charge in [0.2, 0.25) is 5.56 Å². The Morgan fingerprint density at radius 2 is 1.82 bits per heavy atom. The van der Waals surface area contributed by atoms with Crippen molar-refractivity contribution in [3.8, 4) is 11.4 Å².